The van der Waals surface area contributed by atoms with Gasteiger partial charge in [-0.2, -0.15) is 5.10 Å². The van der Waals surface area contributed by atoms with Crippen molar-refractivity contribution in [2.75, 3.05) is 25.5 Å². The Morgan fingerprint density at radius 1 is 0.950 bits per heavy atom. The van der Waals surface area contributed by atoms with E-state index >= 15 is 0 Å². The Bertz CT molecular complexity index is 2120. The third-order valence-electron chi connectivity index (χ3n) is 11.6. The van der Waals surface area contributed by atoms with E-state index in [0.717, 1.165) is 6.21 Å². The van der Waals surface area contributed by atoms with E-state index in [9.17, 15) is 39.9 Å². The first-order valence-electron chi connectivity index (χ1n) is 20.1. The van der Waals surface area contributed by atoms with Crippen LogP contribution in [0.1, 0.15) is 90.7 Å². The molecule has 0 spiro atoms. The number of nitrogens with one attached hydrogen (secondary N) is 1. The fraction of sp³-hybridized carbons (Fsp3) is 0.523. The summed E-state index contributed by atoms with van der Waals surface area (Å²) in [5.41, 5.74) is -0.591. The molecular weight excluding hydrogens is 776 g/mol. The summed E-state index contributed by atoms with van der Waals surface area (Å²) >= 11 is 0. The number of nitrogens with zero attached hydrogens (tertiary/aromatic N) is 3. The van der Waals surface area contributed by atoms with Crippen molar-refractivity contribution in [3.05, 3.63) is 52.8 Å². The van der Waals surface area contributed by atoms with Gasteiger partial charge < -0.3 is 54.7 Å². The number of carbonyl (C=O) groups is 3. The highest BCUT2D eigenvalue weighted by molar-refractivity contribution is 6.23. The minimum absolute atomic E-state index is 0.0347. The number of anilines is 1. The number of fused-ring (bicyclic) bond motifs is 14. The van der Waals surface area contributed by atoms with Gasteiger partial charge in [0.2, 0.25) is 0 Å². The van der Waals surface area contributed by atoms with Gasteiger partial charge in [0.05, 0.1) is 53.0 Å². The van der Waals surface area contributed by atoms with Gasteiger partial charge in [0.25, 0.3) is 11.7 Å². The largest absolute Gasteiger partial charge is 0.507 e. The Morgan fingerprint density at radius 2 is 1.60 bits per heavy atom. The third kappa shape index (κ3) is 9.30. The number of ether oxygens (including phenoxy) is 4. The Labute approximate surface area is 350 Å². The van der Waals surface area contributed by atoms with Gasteiger partial charge in [0.1, 0.15) is 29.2 Å². The number of hydrogen-bond acceptors (Lipinski definition) is 14. The first kappa shape index (κ1) is 47.2. The molecule has 16 nitrogen and oxygen atoms in total. The van der Waals surface area contributed by atoms with Crippen LogP contribution in [0.5, 0.6) is 23.0 Å². The van der Waals surface area contributed by atoms with E-state index in [1.165, 1.54) is 53.2 Å². The van der Waals surface area contributed by atoms with Crippen LogP contribution in [-0.4, -0.2) is 111 Å². The summed E-state index contributed by atoms with van der Waals surface area (Å²) < 4.78 is 23.6. The van der Waals surface area contributed by atoms with E-state index in [1.54, 1.807) is 46.8 Å². The van der Waals surface area contributed by atoms with E-state index in [2.05, 4.69) is 15.5 Å². The maximum atomic E-state index is 14.4. The lowest BCUT2D eigenvalue weighted by Gasteiger charge is -2.38. The number of carbonyl (C=O) groups excluding carboxylic acids is 3. The van der Waals surface area contributed by atoms with Crippen molar-refractivity contribution in [1.82, 2.24) is 4.90 Å². The molecule has 0 fully saturated rings. The van der Waals surface area contributed by atoms with Crippen LogP contribution in [0.3, 0.4) is 0 Å². The lowest BCUT2D eigenvalue weighted by molar-refractivity contribution is -0.160. The molecule has 0 aliphatic carbocycles. The number of amides is 1. The molecule has 60 heavy (non-hydrogen) atoms. The number of benzene rings is 2. The number of methoxy groups -OCH3 is 1. The van der Waals surface area contributed by atoms with Crippen molar-refractivity contribution in [3.63, 3.8) is 0 Å². The van der Waals surface area contributed by atoms with E-state index < -0.39 is 88.8 Å². The Kier molecular flexibility index (Phi) is 15.2. The SMILES string of the molecule is CCN(CC)/C(C)=N/N=C/c1c2c(O)c3c(O)c(C)c4c(c3c1O)C(=O)[C@@](C)(O/C=C\[C@H](OC)[C@@H](C)[C@@H](OC(C)=O)[C@H](C)[C@H](O)[C@H](C)[C@@H](O)[C@@H](C)C=C/C=C(/C)C(=O)N2)O4. The van der Waals surface area contributed by atoms with Crippen molar-refractivity contribution in [1.29, 1.82) is 0 Å². The van der Waals surface area contributed by atoms with E-state index in [1.807, 2.05) is 18.7 Å². The number of rotatable bonds is 6. The third-order valence-corrected chi connectivity index (χ3v) is 11.6. The first-order chi connectivity index (χ1) is 28.2. The zero-order valence-electron chi connectivity index (χ0n) is 36.4. The van der Waals surface area contributed by atoms with E-state index in [0.29, 0.717) is 18.9 Å². The summed E-state index contributed by atoms with van der Waals surface area (Å²) in [5, 5.41) is 68.7. The number of aliphatic hydroxyl groups is 2. The van der Waals surface area contributed by atoms with E-state index in [-0.39, 0.29) is 44.5 Å². The molecular formula is C44H60N4O12. The summed E-state index contributed by atoms with van der Waals surface area (Å²) in [6.45, 7) is 19.4. The predicted octanol–water partition coefficient (Wildman–Crippen LogP) is 5.85. The Hall–Kier alpha value is -5.45. The van der Waals surface area contributed by atoms with Gasteiger partial charge in [-0.1, -0.05) is 45.9 Å². The maximum Gasteiger partial charge on any atom is 0.312 e. The summed E-state index contributed by atoms with van der Waals surface area (Å²) in [5.74, 6) is -8.09. The number of amidine groups is 1. The highest BCUT2D eigenvalue weighted by Gasteiger charge is 2.50. The number of phenols is 3. The number of phenolic OH excluding ortho intramolecular Hbond substituents is 3. The molecule has 9 atom stereocenters. The van der Waals surface area contributed by atoms with Crippen molar-refractivity contribution in [2.24, 2.45) is 33.9 Å². The van der Waals surface area contributed by atoms with Crippen molar-refractivity contribution < 1.29 is 58.9 Å². The number of Topliss-reactive ketones (excluding diaryl/α,β-unsaturated/α-hetero) is 1. The van der Waals surface area contributed by atoms with Crippen LogP contribution in [0.4, 0.5) is 5.69 Å². The van der Waals surface area contributed by atoms with Crippen LogP contribution < -0.4 is 10.1 Å². The van der Waals surface area contributed by atoms with Crippen LogP contribution in [0, 0.1) is 30.6 Å². The number of ketones is 1. The summed E-state index contributed by atoms with van der Waals surface area (Å²) in [7, 11) is 1.43. The second-order valence-electron chi connectivity index (χ2n) is 15.7. The van der Waals surface area contributed by atoms with Gasteiger partial charge in [-0.15, -0.1) is 5.10 Å². The van der Waals surface area contributed by atoms with Gasteiger partial charge in [0, 0.05) is 74.2 Å². The number of hydrogen-bond donors (Lipinski definition) is 6. The number of esters is 1. The second-order valence-corrected chi connectivity index (χ2v) is 15.7. The monoisotopic (exact) mass is 836 g/mol. The maximum absolute atomic E-state index is 14.4. The first-order valence-corrected chi connectivity index (χ1v) is 20.1. The fourth-order valence-electron chi connectivity index (χ4n) is 7.79. The molecule has 0 radical (unpaired) electrons. The lowest BCUT2D eigenvalue weighted by atomic mass is 9.78. The van der Waals surface area contributed by atoms with Gasteiger partial charge in [-0.3, -0.25) is 14.4 Å². The lowest BCUT2D eigenvalue weighted by Crippen LogP contribution is -2.46. The minimum atomic E-state index is -2.07. The van der Waals surface area contributed by atoms with Crippen molar-refractivity contribution >= 4 is 46.2 Å². The molecule has 0 saturated carbocycles. The summed E-state index contributed by atoms with van der Waals surface area (Å²) in [6.07, 6.45) is 4.58. The minimum Gasteiger partial charge on any atom is -0.507 e. The Balaban J connectivity index is 2.00. The zero-order valence-corrected chi connectivity index (χ0v) is 36.4. The molecule has 0 saturated heterocycles. The smallest absolute Gasteiger partial charge is 0.312 e. The van der Waals surface area contributed by atoms with Crippen LogP contribution in [0.25, 0.3) is 10.8 Å². The predicted molar refractivity (Wildman–Crippen MR) is 227 cm³/mol. The molecule has 6 N–H and O–H groups in total. The van der Waals surface area contributed by atoms with Gasteiger partial charge >= 0.3 is 11.8 Å². The molecule has 5 rings (SSSR count). The standard InChI is InChI=1S/C44H60N4O12/c1-13-48(14-2)27(9)47-45-20-29-34-39(54)32-31(38(29)53)33-41(26(8)37(32)52)60-44(11,42(33)55)58-19-18-30(57-12)23(5)40(59-28(10)49)25(7)36(51)24(6)35(50)21(3)16-15-17-22(4)43(56)46-34/h15-21,23-25,30,35-36,40,50-54H,13-14H2,1-12H3,(H,46,56)/b16-15?,19-18-,22-17-,45-20+,47-27+/t21-,23+,24+,25+,30-,35-,36+,40+,44-/m0/s1. The molecule has 16 heteroatoms. The van der Waals surface area contributed by atoms with Gasteiger partial charge in [0.15, 0.2) is 5.75 Å². The highest BCUT2D eigenvalue weighted by atomic mass is 16.7. The molecule has 3 aliphatic heterocycles. The van der Waals surface area contributed by atoms with Crippen LogP contribution in [-0.2, 0) is 23.8 Å². The van der Waals surface area contributed by atoms with E-state index in [4.69, 9.17) is 18.9 Å². The molecule has 2 aromatic carbocycles. The average Bonchev–Trinajstić information content (AvgIpc) is 3.47. The number of aromatic hydroxyl groups is 3. The number of aliphatic hydroxyl groups excluding tert-OH is 2. The fourth-order valence-corrected chi connectivity index (χ4v) is 7.79. The summed E-state index contributed by atoms with van der Waals surface area (Å²) in [4.78, 5) is 42.4. The molecule has 0 unspecified atom stereocenters. The van der Waals surface area contributed by atoms with Gasteiger partial charge in [-0.05, 0) is 40.7 Å². The topological polar surface area (TPSA) is 229 Å². The normalized spacial score (nSPS) is 29.6. The molecule has 2 aromatic rings. The highest BCUT2D eigenvalue weighted by Crippen LogP contribution is 2.55. The average molecular weight is 837 g/mol. The Morgan fingerprint density at radius 3 is 2.20 bits per heavy atom. The molecule has 3 aliphatic rings. The summed E-state index contributed by atoms with van der Waals surface area (Å²) in [6, 6.07) is 0. The molecule has 3 heterocycles. The van der Waals surface area contributed by atoms with Crippen LogP contribution >= 0.6 is 0 Å². The van der Waals surface area contributed by atoms with Crippen LogP contribution in [0.15, 0.2) is 46.3 Å². The molecule has 0 aromatic heterocycles. The van der Waals surface area contributed by atoms with Crippen molar-refractivity contribution in [2.45, 2.75) is 106 Å². The molecule has 5 bridgehead atoms. The second kappa shape index (κ2) is 19.3. The van der Waals surface area contributed by atoms with Crippen molar-refractivity contribution in [3.8, 4) is 23.0 Å². The molecule has 328 valence electrons. The molecule has 1 amide bonds. The van der Waals surface area contributed by atoms with Gasteiger partial charge in [-0.25, -0.2) is 0 Å². The van der Waals surface area contributed by atoms with Crippen LogP contribution in [0.2, 0.25) is 0 Å². The number of allylic oxidation sites excluding steroid dienone is 2. The quantitative estimate of drug-likeness (QED) is 0.0502. The zero-order chi connectivity index (χ0) is 45.0.